The molecule has 0 fully saturated rings. The standard InChI is InChI=1S/C10H11FO3/c1-13-4-5-14-9-2-3-10(11)8(6-9)7-12/h2-3,6-7H,4-5H2,1H3. The van der Waals surface area contributed by atoms with E-state index in [4.69, 9.17) is 9.47 Å². The molecule has 0 saturated heterocycles. The lowest BCUT2D eigenvalue weighted by atomic mass is 10.2. The zero-order valence-electron chi connectivity index (χ0n) is 7.83. The molecule has 0 heterocycles. The van der Waals surface area contributed by atoms with Crippen LogP contribution in [0.5, 0.6) is 5.75 Å². The van der Waals surface area contributed by atoms with Crippen molar-refractivity contribution in [1.29, 1.82) is 0 Å². The normalized spacial score (nSPS) is 9.86. The third kappa shape index (κ3) is 2.81. The predicted octanol–water partition coefficient (Wildman–Crippen LogP) is 1.66. The Bertz CT molecular complexity index is 312. The fourth-order valence-corrected chi connectivity index (χ4v) is 0.945. The maximum absolute atomic E-state index is 12.8. The minimum atomic E-state index is -0.543. The molecule has 1 rings (SSSR count). The highest BCUT2D eigenvalue weighted by atomic mass is 19.1. The number of ether oxygens (including phenoxy) is 2. The fraction of sp³-hybridized carbons (Fsp3) is 0.300. The maximum Gasteiger partial charge on any atom is 0.153 e. The quantitative estimate of drug-likeness (QED) is 0.533. The molecule has 0 aliphatic carbocycles. The van der Waals surface area contributed by atoms with Crippen LogP contribution in [0.15, 0.2) is 18.2 Å². The summed E-state index contributed by atoms with van der Waals surface area (Å²) in [5.41, 5.74) is -0.0000770. The third-order valence-corrected chi connectivity index (χ3v) is 1.65. The van der Waals surface area contributed by atoms with Gasteiger partial charge in [0.05, 0.1) is 12.2 Å². The highest BCUT2D eigenvalue weighted by Gasteiger charge is 2.02. The van der Waals surface area contributed by atoms with Crippen LogP contribution in [0.2, 0.25) is 0 Å². The van der Waals surface area contributed by atoms with Crippen molar-refractivity contribution in [3.63, 3.8) is 0 Å². The number of halogens is 1. The SMILES string of the molecule is COCCOc1ccc(F)c(C=O)c1. The molecule has 0 saturated carbocycles. The van der Waals surface area contributed by atoms with E-state index in [0.717, 1.165) is 0 Å². The van der Waals surface area contributed by atoms with Crippen molar-refractivity contribution in [1.82, 2.24) is 0 Å². The lowest BCUT2D eigenvalue weighted by molar-refractivity contribution is 0.111. The van der Waals surface area contributed by atoms with E-state index in [1.165, 1.54) is 18.2 Å². The Hall–Kier alpha value is -1.42. The van der Waals surface area contributed by atoms with Gasteiger partial charge in [-0.15, -0.1) is 0 Å². The van der Waals surface area contributed by atoms with Gasteiger partial charge in [-0.1, -0.05) is 0 Å². The van der Waals surface area contributed by atoms with Crippen molar-refractivity contribution >= 4 is 6.29 Å². The number of carbonyl (C=O) groups excluding carboxylic acids is 1. The van der Waals surface area contributed by atoms with Gasteiger partial charge in [0.2, 0.25) is 0 Å². The first kappa shape index (κ1) is 10.7. The summed E-state index contributed by atoms with van der Waals surface area (Å²) in [7, 11) is 1.56. The zero-order chi connectivity index (χ0) is 10.4. The number of hydrogen-bond acceptors (Lipinski definition) is 3. The number of carbonyl (C=O) groups is 1. The van der Waals surface area contributed by atoms with E-state index in [9.17, 15) is 9.18 Å². The van der Waals surface area contributed by atoms with E-state index in [1.54, 1.807) is 7.11 Å². The van der Waals surface area contributed by atoms with E-state index in [2.05, 4.69) is 0 Å². The summed E-state index contributed by atoms with van der Waals surface area (Å²) in [6.45, 7) is 0.828. The molecule has 3 nitrogen and oxygen atoms in total. The summed E-state index contributed by atoms with van der Waals surface area (Å²) < 4.78 is 22.8. The summed E-state index contributed by atoms with van der Waals surface area (Å²) in [5.74, 6) is -0.0790. The molecule has 0 aliphatic heterocycles. The topological polar surface area (TPSA) is 35.5 Å². The van der Waals surface area contributed by atoms with Crippen molar-refractivity contribution in [2.75, 3.05) is 20.3 Å². The summed E-state index contributed by atoms with van der Waals surface area (Å²) in [6, 6.07) is 4.03. The molecule has 76 valence electrons. The third-order valence-electron chi connectivity index (χ3n) is 1.65. The van der Waals surface area contributed by atoms with Gasteiger partial charge in [-0.2, -0.15) is 0 Å². The summed E-state index contributed by atoms with van der Waals surface area (Å²) >= 11 is 0. The van der Waals surface area contributed by atoms with Crippen LogP contribution in [0.3, 0.4) is 0 Å². The Morgan fingerprint density at radius 1 is 1.43 bits per heavy atom. The largest absolute Gasteiger partial charge is 0.491 e. The van der Waals surface area contributed by atoms with Crippen LogP contribution in [-0.4, -0.2) is 26.6 Å². The second-order valence-electron chi connectivity index (χ2n) is 2.64. The van der Waals surface area contributed by atoms with Gasteiger partial charge in [0.25, 0.3) is 0 Å². The molecular weight excluding hydrogens is 187 g/mol. The average molecular weight is 198 g/mol. The molecule has 0 aliphatic rings. The van der Waals surface area contributed by atoms with Crippen LogP contribution < -0.4 is 4.74 Å². The maximum atomic E-state index is 12.8. The molecule has 14 heavy (non-hydrogen) atoms. The van der Waals surface area contributed by atoms with Crippen LogP contribution in [0.1, 0.15) is 10.4 Å². The van der Waals surface area contributed by atoms with Gasteiger partial charge >= 0.3 is 0 Å². The molecular formula is C10H11FO3. The lowest BCUT2D eigenvalue weighted by Gasteiger charge is -2.05. The first-order valence-corrected chi connectivity index (χ1v) is 4.14. The molecule has 0 bridgehead atoms. The Kier molecular flexibility index (Phi) is 4.07. The number of rotatable bonds is 5. The molecule has 0 unspecified atom stereocenters. The van der Waals surface area contributed by atoms with Crippen LogP contribution in [-0.2, 0) is 4.74 Å². The minimum absolute atomic E-state index is 0.0000770. The van der Waals surface area contributed by atoms with Gasteiger partial charge in [0.1, 0.15) is 18.2 Å². The predicted molar refractivity (Wildman–Crippen MR) is 49.2 cm³/mol. The van der Waals surface area contributed by atoms with Gasteiger partial charge in [0.15, 0.2) is 6.29 Å². The Morgan fingerprint density at radius 2 is 2.21 bits per heavy atom. The van der Waals surface area contributed by atoms with Crippen molar-refractivity contribution in [3.05, 3.63) is 29.6 Å². The van der Waals surface area contributed by atoms with Gasteiger partial charge < -0.3 is 9.47 Å². The summed E-state index contributed by atoms with van der Waals surface area (Å²) in [5, 5.41) is 0. The lowest BCUT2D eigenvalue weighted by Crippen LogP contribution is -2.04. The molecule has 1 aromatic carbocycles. The van der Waals surface area contributed by atoms with Gasteiger partial charge in [-0.05, 0) is 18.2 Å². The minimum Gasteiger partial charge on any atom is -0.491 e. The van der Waals surface area contributed by atoms with Crippen LogP contribution >= 0.6 is 0 Å². The number of benzene rings is 1. The molecule has 0 spiro atoms. The highest BCUT2D eigenvalue weighted by molar-refractivity contribution is 5.75. The van der Waals surface area contributed by atoms with E-state index in [0.29, 0.717) is 25.2 Å². The molecule has 0 N–H and O–H groups in total. The number of aldehydes is 1. The smallest absolute Gasteiger partial charge is 0.153 e. The first-order valence-electron chi connectivity index (χ1n) is 4.14. The Labute approximate surface area is 81.4 Å². The summed E-state index contributed by atoms with van der Waals surface area (Å²) in [6.07, 6.45) is 0.457. The summed E-state index contributed by atoms with van der Waals surface area (Å²) in [4.78, 5) is 10.4. The molecule has 4 heteroatoms. The monoisotopic (exact) mass is 198 g/mol. The second kappa shape index (κ2) is 5.34. The molecule has 0 aromatic heterocycles. The van der Waals surface area contributed by atoms with Gasteiger partial charge in [-0.25, -0.2) is 4.39 Å². The Balaban J connectivity index is 2.64. The van der Waals surface area contributed by atoms with Gasteiger partial charge in [-0.3, -0.25) is 4.79 Å². The van der Waals surface area contributed by atoms with Crippen molar-refractivity contribution in [3.8, 4) is 5.75 Å². The van der Waals surface area contributed by atoms with Gasteiger partial charge in [0, 0.05) is 7.11 Å². The molecule has 1 aromatic rings. The van der Waals surface area contributed by atoms with Crippen molar-refractivity contribution < 1.29 is 18.7 Å². The van der Waals surface area contributed by atoms with Crippen molar-refractivity contribution in [2.24, 2.45) is 0 Å². The van der Waals surface area contributed by atoms with Crippen molar-refractivity contribution in [2.45, 2.75) is 0 Å². The molecule has 0 radical (unpaired) electrons. The number of hydrogen-bond donors (Lipinski definition) is 0. The van der Waals surface area contributed by atoms with Crippen LogP contribution in [0.25, 0.3) is 0 Å². The molecule has 0 atom stereocenters. The zero-order valence-corrected chi connectivity index (χ0v) is 7.83. The first-order chi connectivity index (χ1) is 6.77. The second-order valence-corrected chi connectivity index (χ2v) is 2.64. The average Bonchev–Trinajstić information content (AvgIpc) is 2.21. The van der Waals surface area contributed by atoms with E-state index < -0.39 is 5.82 Å². The van der Waals surface area contributed by atoms with E-state index >= 15 is 0 Å². The van der Waals surface area contributed by atoms with E-state index in [-0.39, 0.29) is 5.56 Å². The number of methoxy groups -OCH3 is 1. The van der Waals surface area contributed by atoms with E-state index in [1.807, 2.05) is 0 Å². The molecule has 0 amide bonds. The highest BCUT2D eigenvalue weighted by Crippen LogP contribution is 2.15. The van der Waals surface area contributed by atoms with Crippen LogP contribution in [0.4, 0.5) is 4.39 Å². The fourth-order valence-electron chi connectivity index (χ4n) is 0.945. The Morgan fingerprint density at radius 3 is 2.86 bits per heavy atom. The van der Waals surface area contributed by atoms with Crippen LogP contribution in [0, 0.1) is 5.82 Å².